The molecule has 0 saturated carbocycles. The van der Waals surface area contributed by atoms with E-state index in [2.05, 4.69) is 4.72 Å². The van der Waals surface area contributed by atoms with Gasteiger partial charge in [0.2, 0.25) is 10.0 Å². The highest BCUT2D eigenvalue weighted by molar-refractivity contribution is 7.89. The van der Waals surface area contributed by atoms with Crippen molar-refractivity contribution in [1.82, 2.24) is 4.72 Å². The zero-order valence-electron chi connectivity index (χ0n) is 10.9. The van der Waals surface area contributed by atoms with Crippen LogP contribution in [0.3, 0.4) is 0 Å². The van der Waals surface area contributed by atoms with E-state index in [1.807, 2.05) is 0 Å². The zero-order chi connectivity index (χ0) is 15.5. The van der Waals surface area contributed by atoms with Crippen LogP contribution in [-0.2, 0) is 16.4 Å². The maximum atomic E-state index is 12.2. The summed E-state index contributed by atoms with van der Waals surface area (Å²) in [4.78, 5) is -0.134. The second-order valence-electron chi connectivity index (χ2n) is 4.33. The van der Waals surface area contributed by atoms with Crippen LogP contribution in [0, 0.1) is 0 Å². The molecular formula is C14H13Cl2NO3S. The molecule has 4 nitrogen and oxygen atoms in total. The monoisotopic (exact) mass is 345 g/mol. The first-order chi connectivity index (χ1) is 9.92. The highest BCUT2D eigenvalue weighted by Crippen LogP contribution is 2.28. The van der Waals surface area contributed by atoms with Crippen LogP contribution in [0.4, 0.5) is 0 Å². The Bertz CT molecular complexity index is 727. The smallest absolute Gasteiger partial charge is 0.243 e. The molecular weight excluding hydrogens is 333 g/mol. The molecule has 0 atom stereocenters. The lowest BCUT2D eigenvalue weighted by Gasteiger charge is -2.10. The lowest BCUT2D eigenvalue weighted by atomic mass is 10.1. The van der Waals surface area contributed by atoms with Crippen molar-refractivity contribution >= 4 is 33.2 Å². The highest BCUT2D eigenvalue weighted by Gasteiger charge is 2.20. The van der Waals surface area contributed by atoms with Gasteiger partial charge in [-0.3, -0.25) is 0 Å². The molecule has 7 heteroatoms. The van der Waals surface area contributed by atoms with Crippen molar-refractivity contribution < 1.29 is 13.5 Å². The van der Waals surface area contributed by atoms with Gasteiger partial charge in [0.25, 0.3) is 0 Å². The van der Waals surface area contributed by atoms with Crippen molar-refractivity contribution in [2.75, 3.05) is 6.54 Å². The fourth-order valence-corrected chi connectivity index (χ4v) is 4.03. The topological polar surface area (TPSA) is 66.4 Å². The number of phenols is 1. The Morgan fingerprint density at radius 1 is 1.00 bits per heavy atom. The molecule has 112 valence electrons. The summed E-state index contributed by atoms with van der Waals surface area (Å²) in [7, 11) is -3.80. The molecule has 0 aromatic heterocycles. The summed E-state index contributed by atoms with van der Waals surface area (Å²) in [6.45, 7) is 0.126. The number of hydrogen-bond acceptors (Lipinski definition) is 3. The molecule has 2 N–H and O–H groups in total. The van der Waals surface area contributed by atoms with Crippen LogP contribution in [0.2, 0.25) is 10.0 Å². The van der Waals surface area contributed by atoms with Crippen LogP contribution in [0.15, 0.2) is 47.4 Å². The SMILES string of the molecule is O=S(=O)(NCCc1ccccc1O)c1c(Cl)cccc1Cl. The first kappa shape index (κ1) is 16.1. The Morgan fingerprint density at radius 2 is 1.62 bits per heavy atom. The van der Waals surface area contributed by atoms with Crippen LogP contribution in [0.1, 0.15) is 5.56 Å². The third-order valence-electron chi connectivity index (χ3n) is 2.87. The van der Waals surface area contributed by atoms with Crippen LogP contribution in [0.5, 0.6) is 5.75 Å². The lowest BCUT2D eigenvalue weighted by Crippen LogP contribution is -2.26. The predicted octanol–water partition coefficient (Wildman–Crippen LogP) is 3.22. The summed E-state index contributed by atoms with van der Waals surface area (Å²) < 4.78 is 26.8. The van der Waals surface area contributed by atoms with Gasteiger partial charge in [0.05, 0.1) is 10.0 Å². The molecule has 0 aliphatic heterocycles. The number of aromatic hydroxyl groups is 1. The minimum atomic E-state index is -3.80. The van der Waals surface area contributed by atoms with E-state index in [9.17, 15) is 13.5 Å². The number of sulfonamides is 1. The van der Waals surface area contributed by atoms with Gasteiger partial charge in [0.15, 0.2) is 0 Å². The van der Waals surface area contributed by atoms with Gasteiger partial charge >= 0.3 is 0 Å². The summed E-state index contributed by atoms with van der Waals surface area (Å²) in [6, 6.07) is 11.3. The van der Waals surface area contributed by atoms with Crippen LogP contribution in [-0.4, -0.2) is 20.1 Å². The van der Waals surface area contributed by atoms with E-state index in [0.717, 1.165) is 0 Å². The second kappa shape index (κ2) is 6.66. The Labute approximate surface area is 133 Å². The quantitative estimate of drug-likeness (QED) is 0.874. The van der Waals surface area contributed by atoms with E-state index in [1.54, 1.807) is 30.3 Å². The molecule has 0 unspecified atom stereocenters. The summed E-state index contributed by atoms with van der Waals surface area (Å²) >= 11 is 11.8. The second-order valence-corrected chi connectivity index (χ2v) is 6.85. The third-order valence-corrected chi connectivity index (χ3v) is 5.28. The lowest BCUT2D eigenvalue weighted by molar-refractivity contribution is 0.467. The molecule has 0 radical (unpaired) electrons. The normalized spacial score (nSPS) is 11.5. The standard InChI is InChI=1S/C14H13Cl2NO3S/c15-11-5-3-6-12(16)14(11)21(19,20)17-9-8-10-4-1-2-7-13(10)18/h1-7,17-18H,8-9H2. The van der Waals surface area contributed by atoms with Crippen molar-refractivity contribution in [3.05, 3.63) is 58.1 Å². The number of benzene rings is 2. The minimum absolute atomic E-state index is 0.0672. The first-order valence-corrected chi connectivity index (χ1v) is 8.36. The summed E-state index contributed by atoms with van der Waals surface area (Å²) in [5, 5.41) is 9.76. The van der Waals surface area contributed by atoms with Crippen LogP contribution >= 0.6 is 23.2 Å². The number of hydrogen-bond donors (Lipinski definition) is 2. The summed E-state index contributed by atoms with van der Waals surface area (Å²) in [5.74, 6) is 0.132. The van der Waals surface area contributed by atoms with Gasteiger partial charge in [-0.1, -0.05) is 47.5 Å². The van der Waals surface area contributed by atoms with E-state index in [0.29, 0.717) is 12.0 Å². The van der Waals surface area contributed by atoms with Gasteiger partial charge in [-0.25, -0.2) is 13.1 Å². The van der Waals surface area contributed by atoms with E-state index >= 15 is 0 Å². The predicted molar refractivity (Wildman–Crippen MR) is 83.5 cm³/mol. The molecule has 0 aliphatic rings. The molecule has 0 bridgehead atoms. The number of halogens is 2. The molecule has 0 aliphatic carbocycles. The van der Waals surface area contributed by atoms with Crippen molar-refractivity contribution in [2.45, 2.75) is 11.3 Å². The van der Waals surface area contributed by atoms with E-state index < -0.39 is 10.0 Å². The number of rotatable bonds is 5. The van der Waals surface area contributed by atoms with Gasteiger partial charge in [0.1, 0.15) is 10.6 Å². The van der Waals surface area contributed by atoms with E-state index in [-0.39, 0.29) is 27.2 Å². The van der Waals surface area contributed by atoms with Crippen LogP contribution in [0.25, 0.3) is 0 Å². The van der Waals surface area contributed by atoms with E-state index in [1.165, 1.54) is 12.1 Å². The van der Waals surface area contributed by atoms with E-state index in [4.69, 9.17) is 23.2 Å². The fraction of sp³-hybridized carbons (Fsp3) is 0.143. The molecule has 0 saturated heterocycles. The largest absolute Gasteiger partial charge is 0.508 e. The molecule has 0 amide bonds. The van der Waals surface area contributed by atoms with Crippen molar-refractivity contribution in [3.63, 3.8) is 0 Å². The molecule has 2 aromatic rings. The Kier molecular flexibility index (Phi) is 5.11. The average Bonchev–Trinajstić information content (AvgIpc) is 2.40. The maximum Gasteiger partial charge on any atom is 0.243 e. The van der Waals surface area contributed by atoms with Gasteiger partial charge < -0.3 is 5.11 Å². The van der Waals surface area contributed by atoms with Gasteiger partial charge in [-0.05, 0) is 30.2 Å². The maximum absolute atomic E-state index is 12.2. The van der Waals surface area contributed by atoms with Crippen molar-refractivity contribution in [2.24, 2.45) is 0 Å². The minimum Gasteiger partial charge on any atom is -0.508 e. The van der Waals surface area contributed by atoms with Gasteiger partial charge in [0, 0.05) is 6.54 Å². The van der Waals surface area contributed by atoms with Crippen molar-refractivity contribution in [3.8, 4) is 5.75 Å². The average molecular weight is 346 g/mol. The van der Waals surface area contributed by atoms with Crippen molar-refractivity contribution in [1.29, 1.82) is 0 Å². The molecule has 2 rings (SSSR count). The molecule has 21 heavy (non-hydrogen) atoms. The summed E-state index contributed by atoms with van der Waals surface area (Å²) in [5.41, 5.74) is 0.658. The van der Waals surface area contributed by atoms with Gasteiger partial charge in [-0.15, -0.1) is 0 Å². The Balaban J connectivity index is 2.11. The number of phenolic OH excluding ortho intramolecular Hbond substituents is 1. The fourth-order valence-electron chi connectivity index (χ4n) is 1.85. The number of nitrogens with one attached hydrogen (secondary N) is 1. The Morgan fingerprint density at radius 3 is 2.24 bits per heavy atom. The highest BCUT2D eigenvalue weighted by atomic mass is 35.5. The number of para-hydroxylation sites is 1. The zero-order valence-corrected chi connectivity index (χ0v) is 13.2. The van der Waals surface area contributed by atoms with Crippen LogP contribution < -0.4 is 4.72 Å². The first-order valence-electron chi connectivity index (χ1n) is 6.12. The molecule has 0 spiro atoms. The molecule has 0 heterocycles. The Hall–Kier alpha value is -1.27. The third kappa shape index (κ3) is 3.89. The molecule has 0 fully saturated rings. The summed E-state index contributed by atoms with van der Waals surface area (Å²) in [6.07, 6.45) is 0.355. The molecule has 2 aromatic carbocycles. The van der Waals surface area contributed by atoms with Gasteiger partial charge in [-0.2, -0.15) is 0 Å².